The molecule has 2 aromatic rings. The van der Waals surface area contributed by atoms with Crippen LogP contribution >= 0.6 is 23.2 Å². The first-order chi connectivity index (χ1) is 16.7. The maximum absolute atomic E-state index is 12.7. The molecule has 0 radical (unpaired) electrons. The Morgan fingerprint density at radius 1 is 1.17 bits per heavy atom. The molecule has 2 amide bonds. The van der Waals surface area contributed by atoms with Crippen molar-refractivity contribution in [2.24, 2.45) is 11.0 Å². The van der Waals surface area contributed by atoms with Gasteiger partial charge < -0.3 is 15.0 Å². The second-order valence-electron chi connectivity index (χ2n) is 8.16. The number of benzene rings is 2. The van der Waals surface area contributed by atoms with Crippen LogP contribution in [0.5, 0.6) is 0 Å². The van der Waals surface area contributed by atoms with Crippen molar-refractivity contribution in [2.75, 3.05) is 31.2 Å². The maximum atomic E-state index is 12.7. The summed E-state index contributed by atoms with van der Waals surface area (Å²) in [7, 11) is 0. The smallest absolute Gasteiger partial charge is 0.293 e. The van der Waals surface area contributed by atoms with Gasteiger partial charge in [0.2, 0.25) is 0 Å². The summed E-state index contributed by atoms with van der Waals surface area (Å²) in [5.74, 6) is -1.33. The lowest BCUT2D eigenvalue weighted by Gasteiger charge is -2.28. The first-order valence-electron chi connectivity index (χ1n) is 10.9. The van der Waals surface area contributed by atoms with E-state index in [1.807, 2.05) is 4.90 Å². The van der Waals surface area contributed by atoms with Gasteiger partial charge in [0, 0.05) is 29.7 Å². The van der Waals surface area contributed by atoms with Gasteiger partial charge in [-0.15, -0.1) is 0 Å². The lowest BCUT2D eigenvalue weighted by molar-refractivity contribution is -0.384. The Labute approximate surface area is 212 Å². The number of ether oxygens (including phenoxy) is 1. The Kier molecular flexibility index (Phi) is 9.02. The third-order valence-electron chi connectivity index (χ3n) is 5.35. The second-order valence-corrected chi connectivity index (χ2v) is 9.00. The molecule has 0 spiro atoms. The molecular weight excluding hydrogens is 497 g/mol. The summed E-state index contributed by atoms with van der Waals surface area (Å²) in [5.41, 5.74) is 3.45. The minimum Gasteiger partial charge on any atom is -0.378 e. The van der Waals surface area contributed by atoms with Crippen LogP contribution in [0.15, 0.2) is 41.5 Å². The Morgan fingerprint density at radius 3 is 2.51 bits per heavy atom. The SMILES string of the molecule is CC(C)C(NC(=O)c1ccc(Cl)cc1Cl)C(=O)NN=Cc1ccc(N2CCOCC2)c([N+](=O)[O-])c1. The molecule has 1 saturated heterocycles. The number of carbonyl (C=O) groups excluding carboxylic acids is 2. The van der Waals surface area contributed by atoms with Crippen LogP contribution in [0.4, 0.5) is 11.4 Å². The van der Waals surface area contributed by atoms with E-state index in [0.29, 0.717) is 42.6 Å². The van der Waals surface area contributed by atoms with E-state index in [9.17, 15) is 19.7 Å². The molecule has 35 heavy (non-hydrogen) atoms. The monoisotopic (exact) mass is 521 g/mol. The molecule has 2 aromatic carbocycles. The second kappa shape index (κ2) is 12.0. The van der Waals surface area contributed by atoms with Crippen molar-refractivity contribution < 1.29 is 19.2 Å². The third kappa shape index (κ3) is 6.91. The number of nitro groups is 1. The van der Waals surface area contributed by atoms with Crippen molar-refractivity contribution >= 4 is 52.6 Å². The number of rotatable bonds is 8. The molecule has 186 valence electrons. The fourth-order valence-electron chi connectivity index (χ4n) is 3.51. The quantitative estimate of drug-likeness (QED) is 0.310. The average molecular weight is 522 g/mol. The van der Waals surface area contributed by atoms with E-state index >= 15 is 0 Å². The lowest BCUT2D eigenvalue weighted by atomic mass is 10.0. The van der Waals surface area contributed by atoms with Gasteiger partial charge in [0.15, 0.2) is 0 Å². The van der Waals surface area contributed by atoms with Crippen LogP contribution in [0.25, 0.3) is 0 Å². The zero-order chi connectivity index (χ0) is 25.5. The molecule has 12 heteroatoms. The number of hydrazone groups is 1. The van der Waals surface area contributed by atoms with Gasteiger partial charge in [0.05, 0.1) is 34.9 Å². The lowest BCUT2D eigenvalue weighted by Crippen LogP contribution is -2.48. The molecule has 1 aliphatic rings. The van der Waals surface area contributed by atoms with Crippen LogP contribution < -0.4 is 15.6 Å². The van der Waals surface area contributed by atoms with E-state index in [4.69, 9.17) is 27.9 Å². The first kappa shape index (κ1) is 26.4. The number of hydrogen-bond donors (Lipinski definition) is 2. The van der Waals surface area contributed by atoms with E-state index in [1.54, 1.807) is 26.0 Å². The highest BCUT2D eigenvalue weighted by Gasteiger charge is 2.26. The van der Waals surface area contributed by atoms with Crippen LogP contribution in [-0.2, 0) is 9.53 Å². The highest BCUT2D eigenvalue weighted by atomic mass is 35.5. The Bertz CT molecular complexity index is 1140. The predicted molar refractivity (Wildman–Crippen MR) is 134 cm³/mol. The van der Waals surface area contributed by atoms with Crippen LogP contribution in [0.1, 0.15) is 29.8 Å². The molecule has 2 N–H and O–H groups in total. The number of halogens is 2. The summed E-state index contributed by atoms with van der Waals surface area (Å²) in [6.07, 6.45) is 1.31. The summed E-state index contributed by atoms with van der Waals surface area (Å²) >= 11 is 12.0. The van der Waals surface area contributed by atoms with Gasteiger partial charge in [-0.25, -0.2) is 5.43 Å². The van der Waals surface area contributed by atoms with Crippen molar-refractivity contribution in [1.82, 2.24) is 10.7 Å². The van der Waals surface area contributed by atoms with Gasteiger partial charge >= 0.3 is 0 Å². The van der Waals surface area contributed by atoms with Crippen molar-refractivity contribution in [3.05, 3.63) is 67.7 Å². The average Bonchev–Trinajstić information content (AvgIpc) is 2.82. The maximum Gasteiger partial charge on any atom is 0.293 e. The molecule has 1 atom stereocenters. The molecule has 1 heterocycles. The highest BCUT2D eigenvalue weighted by molar-refractivity contribution is 6.36. The molecule has 3 rings (SSSR count). The molecule has 10 nitrogen and oxygen atoms in total. The van der Waals surface area contributed by atoms with Gasteiger partial charge in [0.1, 0.15) is 11.7 Å². The fraction of sp³-hybridized carbons (Fsp3) is 0.348. The number of anilines is 1. The van der Waals surface area contributed by atoms with Gasteiger partial charge in [0.25, 0.3) is 17.5 Å². The minimum atomic E-state index is -0.899. The standard InChI is InChI=1S/C23H25Cl2N5O5/c1-14(2)21(27-22(31)17-5-4-16(24)12-18(17)25)23(32)28-26-13-15-3-6-19(20(11-15)30(33)34)29-7-9-35-10-8-29/h3-6,11-14,21H,7-10H2,1-2H3,(H,27,31)(H,28,32). The van der Waals surface area contributed by atoms with Crippen molar-refractivity contribution in [1.29, 1.82) is 0 Å². The van der Waals surface area contributed by atoms with Gasteiger partial charge in [-0.3, -0.25) is 19.7 Å². The number of amides is 2. The largest absolute Gasteiger partial charge is 0.378 e. The Balaban J connectivity index is 1.68. The van der Waals surface area contributed by atoms with E-state index < -0.39 is 22.8 Å². The first-order valence-corrected chi connectivity index (χ1v) is 11.6. The van der Waals surface area contributed by atoms with Crippen molar-refractivity contribution in [3.63, 3.8) is 0 Å². The van der Waals surface area contributed by atoms with Gasteiger partial charge in [-0.2, -0.15) is 5.10 Å². The molecule has 1 unspecified atom stereocenters. The number of hydrogen-bond acceptors (Lipinski definition) is 7. The predicted octanol–water partition coefficient (Wildman–Crippen LogP) is 3.64. The molecule has 1 fully saturated rings. The number of nitrogens with one attached hydrogen (secondary N) is 2. The number of morpholine rings is 1. The molecule has 0 saturated carbocycles. The third-order valence-corrected chi connectivity index (χ3v) is 5.90. The van der Waals surface area contributed by atoms with Gasteiger partial charge in [-0.05, 0) is 30.2 Å². The zero-order valence-corrected chi connectivity index (χ0v) is 20.7. The van der Waals surface area contributed by atoms with Crippen LogP contribution in [0.2, 0.25) is 10.0 Å². The molecule has 0 aliphatic carbocycles. The number of carbonyl (C=O) groups is 2. The molecular formula is C23H25Cl2N5O5. The Hall–Kier alpha value is -3.21. The van der Waals surface area contributed by atoms with E-state index in [-0.39, 0.29) is 22.2 Å². The number of nitro benzene ring substituents is 1. The van der Waals surface area contributed by atoms with Crippen molar-refractivity contribution in [2.45, 2.75) is 19.9 Å². The summed E-state index contributed by atoms with van der Waals surface area (Å²) in [4.78, 5) is 38.4. The normalized spacial score (nSPS) is 14.7. The summed E-state index contributed by atoms with van der Waals surface area (Å²) in [6, 6.07) is 8.27. The topological polar surface area (TPSA) is 126 Å². The summed E-state index contributed by atoms with van der Waals surface area (Å²) in [5, 5.41) is 18.7. The van der Waals surface area contributed by atoms with Crippen LogP contribution in [-0.4, -0.2) is 55.3 Å². The molecule has 1 aliphatic heterocycles. The fourth-order valence-corrected chi connectivity index (χ4v) is 4.00. The molecule has 0 bridgehead atoms. The Morgan fingerprint density at radius 2 is 1.89 bits per heavy atom. The highest BCUT2D eigenvalue weighted by Crippen LogP contribution is 2.29. The van der Waals surface area contributed by atoms with Crippen LogP contribution in [0.3, 0.4) is 0 Å². The molecule has 0 aromatic heterocycles. The summed E-state index contributed by atoms with van der Waals surface area (Å²) < 4.78 is 5.31. The van der Waals surface area contributed by atoms with Crippen molar-refractivity contribution in [3.8, 4) is 0 Å². The summed E-state index contributed by atoms with van der Waals surface area (Å²) in [6.45, 7) is 5.67. The zero-order valence-electron chi connectivity index (χ0n) is 19.2. The van der Waals surface area contributed by atoms with E-state index in [0.717, 1.165) is 0 Å². The minimum absolute atomic E-state index is 0.0608. The van der Waals surface area contributed by atoms with E-state index in [2.05, 4.69) is 15.8 Å². The van der Waals surface area contributed by atoms with Gasteiger partial charge in [-0.1, -0.05) is 43.1 Å². The number of nitrogens with zero attached hydrogens (tertiary/aromatic N) is 3. The van der Waals surface area contributed by atoms with Crippen LogP contribution in [0, 0.1) is 16.0 Å². The van der Waals surface area contributed by atoms with E-state index in [1.165, 1.54) is 30.5 Å².